The van der Waals surface area contributed by atoms with Crippen LogP contribution in [0.2, 0.25) is 0 Å². The summed E-state index contributed by atoms with van der Waals surface area (Å²) >= 11 is 0. The highest BCUT2D eigenvalue weighted by Gasteiger charge is 2.22. The Balaban J connectivity index is 2.74. The quantitative estimate of drug-likeness (QED) is 0.736. The highest BCUT2D eigenvalue weighted by molar-refractivity contribution is 5.93. The molecule has 0 fully saturated rings. The average Bonchev–Trinajstić information content (AvgIpc) is 2.68. The van der Waals surface area contributed by atoms with Crippen LogP contribution in [-0.4, -0.2) is 27.7 Å². The van der Waals surface area contributed by atoms with Crippen molar-refractivity contribution in [1.29, 1.82) is 0 Å². The Morgan fingerprint density at radius 3 is 2.74 bits per heavy atom. The number of nitrogens with zero attached hydrogens (tertiary/aromatic N) is 1. The molecule has 0 aliphatic heterocycles. The van der Waals surface area contributed by atoms with Crippen LogP contribution in [0, 0.1) is 0 Å². The third-order valence-electron chi connectivity index (χ3n) is 3.08. The van der Waals surface area contributed by atoms with Gasteiger partial charge in [-0.3, -0.25) is 4.79 Å². The van der Waals surface area contributed by atoms with Crippen molar-refractivity contribution in [1.82, 2.24) is 9.88 Å². The molecule has 1 aromatic rings. The van der Waals surface area contributed by atoms with E-state index < -0.39 is 5.60 Å². The number of nitrogens with two attached hydrogens (primary N) is 1. The van der Waals surface area contributed by atoms with Crippen LogP contribution in [0.3, 0.4) is 0 Å². The van der Waals surface area contributed by atoms with Crippen LogP contribution in [0.4, 0.5) is 5.69 Å². The highest BCUT2D eigenvalue weighted by atomic mass is 16.3. The van der Waals surface area contributed by atoms with Crippen molar-refractivity contribution in [2.75, 3.05) is 12.3 Å². The monoisotopic (exact) mass is 267 g/mol. The molecule has 0 aliphatic rings. The Labute approximate surface area is 114 Å². The van der Waals surface area contributed by atoms with Crippen molar-refractivity contribution in [3.63, 3.8) is 0 Å². The number of hydrogen-bond acceptors (Lipinski definition) is 3. The van der Waals surface area contributed by atoms with Crippen LogP contribution >= 0.6 is 0 Å². The van der Waals surface area contributed by atoms with Gasteiger partial charge in [-0.15, -0.1) is 0 Å². The summed E-state index contributed by atoms with van der Waals surface area (Å²) < 4.78 is 1.83. The minimum atomic E-state index is -0.870. The summed E-state index contributed by atoms with van der Waals surface area (Å²) in [5, 5.41) is 12.8. The van der Waals surface area contributed by atoms with Crippen LogP contribution in [0.1, 0.15) is 57.1 Å². The molecule has 0 aromatic carbocycles. The van der Waals surface area contributed by atoms with Gasteiger partial charge in [-0.05, 0) is 33.3 Å². The van der Waals surface area contributed by atoms with E-state index in [2.05, 4.69) is 5.32 Å². The molecule has 1 atom stereocenters. The maximum absolute atomic E-state index is 12.1. The van der Waals surface area contributed by atoms with E-state index in [0.717, 1.165) is 6.42 Å². The average molecular weight is 267 g/mol. The number of carbonyl (C=O) groups excluding carboxylic acids is 1. The Morgan fingerprint density at radius 1 is 1.58 bits per heavy atom. The van der Waals surface area contributed by atoms with E-state index in [1.807, 2.05) is 25.3 Å². The van der Waals surface area contributed by atoms with Gasteiger partial charge in [-0.2, -0.15) is 0 Å². The number of anilines is 1. The molecule has 1 aromatic heterocycles. The number of amides is 1. The van der Waals surface area contributed by atoms with Gasteiger partial charge in [0.15, 0.2) is 0 Å². The van der Waals surface area contributed by atoms with Gasteiger partial charge in [0, 0.05) is 18.8 Å². The molecule has 0 saturated heterocycles. The van der Waals surface area contributed by atoms with Crippen LogP contribution in [0.25, 0.3) is 0 Å². The van der Waals surface area contributed by atoms with Crippen LogP contribution in [0.15, 0.2) is 12.3 Å². The Kier molecular flexibility index (Phi) is 5.00. The fourth-order valence-corrected chi connectivity index (χ4v) is 2.10. The fraction of sp³-hybridized carbons (Fsp3) is 0.643. The third kappa shape index (κ3) is 4.28. The number of nitrogens with one attached hydrogen (secondary N) is 1. The van der Waals surface area contributed by atoms with Gasteiger partial charge in [0.05, 0.1) is 11.3 Å². The molecule has 0 spiro atoms. The zero-order chi connectivity index (χ0) is 14.6. The lowest BCUT2D eigenvalue weighted by Gasteiger charge is -2.23. The predicted octanol–water partition coefficient (Wildman–Crippen LogP) is 1.93. The van der Waals surface area contributed by atoms with Gasteiger partial charge in [-0.1, -0.05) is 13.3 Å². The summed E-state index contributed by atoms with van der Waals surface area (Å²) in [7, 11) is 0. The number of aliphatic hydroxyl groups is 1. The first kappa shape index (κ1) is 15.6. The third-order valence-corrected chi connectivity index (χ3v) is 3.08. The lowest BCUT2D eigenvalue weighted by Crippen LogP contribution is -2.41. The highest BCUT2D eigenvalue weighted by Crippen LogP contribution is 2.17. The maximum Gasteiger partial charge on any atom is 0.268 e. The number of aromatic nitrogens is 1. The molecule has 5 heteroatoms. The standard InChI is InChI=1S/C14H25N3O2/c1-5-6-14(4,19)9-16-13(18)12-7-11(15)8-17(12)10(2)3/h7-8,10,19H,5-6,9,15H2,1-4H3,(H,16,18). The van der Waals surface area contributed by atoms with Gasteiger partial charge in [0.2, 0.25) is 0 Å². The van der Waals surface area contributed by atoms with Crippen molar-refractivity contribution < 1.29 is 9.90 Å². The number of nitrogen functional groups attached to an aromatic ring is 1. The fourth-order valence-electron chi connectivity index (χ4n) is 2.10. The van der Waals surface area contributed by atoms with E-state index in [4.69, 9.17) is 5.73 Å². The van der Waals surface area contributed by atoms with E-state index in [1.54, 1.807) is 19.2 Å². The molecule has 1 unspecified atom stereocenters. The summed E-state index contributed by atoms with van der Waals surface area (Å²) in [6.07, 6.45) is 3.28. The molecule has 108 valence electrons. The molecule has 5 nitrogen and oxygen atoms in total. The Hall–Kier alpha value is -1.49. The zero-order valence-electron chi connectivity index (χ0n) is 12.2. The lowest BCUT2D eigenvalue weighted by atomic mass is 10.0. The summed E-state index contributed by atoms with van der Waals surface area (Å²) in [5.74, 6) is -0.207. The molecule has 1 rings (SSSR count). The Morgan fingerprint density at radius 2 is 2.21 bits per heavy atom. The van der Waals surface area contributed by atoms with E-state index in [0.29, 0.717) is 17.8 Å². The molecule has 0 aliphatic carbocycles. The van der Waals surface area contributed by atoms with Crippen LogP contribution < -0.4 is 11.1 Å². The number of hydrogen-bond donors (Lipinski definition) is 3. The molecule has 0 radical (unpaired) electrons. The summed E-state index contributed by atoms with van der Waals surface area (Å²) in [6.45, 7) is 7.95. The van der Waals surface area contributed by atoms with Crippen molar-refractivity contribution in [3.05, 3.63) is 18.0 Å². The van der Waals surface area contributed by atoms with Gasteiger partial charge in [0.1, 0.15) is 5.69 Å². The SMILES string of the molecule is CCCC(C)(O)CNC(=O)c1cc(N)cn1C(C)C. The molecule has 0 bridgehead atoms. The van der Waals surface area contributed by atoms with Gasteiger partial charge in [-0.25, -0.2) is 0 Å². The van der Waals surface area contributed by atoms with Gasteiger partial charge < -0.3 is 20.7 Å². The van der Waals surface area contributed by atoms with E-state index in [1.165, 1.54) is 0 Å². The molecular weight excluding hydrogens is 242 g/mol. The minimum Gasteiger partial charge on any atom is -0.397 e. The van der Waals surface area contributed by atoms with E-state index in [-0.39, 0.29) is 18.5 Å². The Bertz CT molecular complexity index is 436. The second-order valence-electron chi connectivity index (χ2n) is 5.59. The number of rotatable bonds is 6. The summed E-state index contributed by atoms with van der Waals surface area (Å²) in [4.78, 5) is 12.1. The first-order valence-corrected chi connectivity index (χ1v) is 6.74. The smallest absolute Gasteiger partial charge is 0.268 e. The first-order chi connectivity index (χ1) is 8.76. The van der Waals surface area contributed by atoms with Gasteiger partial charge >= 0.3 is 0 Å². The van der Waals surface area contributed by atoms with Crippen molar-refractivity contribution in [2.45, 2.75) is 52.2 Å². The largest absolute Gasteiger partial charge is 0.397 e. The second kappa shape index (κ2) is 6.10. The summed E-state index contributed by atoms with van der Waals surface area (Å²) in [5.41, 5.74) is 5.96. The maximum atomic E-state index is 12.1. The second-order valence-corrected chi connectivity index (χ2v) is 5.59. The lowest BCUT2D eigenvalue weighted by molar-refractivity contribution is 0.0467. The normalized spacial score (nSPS) is 14.4. The zero-order valence-corrected chi connectivity index (χ0v) is 12.2. The van der Waals surface area contributed by atoms with E-state index in [9.17, 15) is 9.90 Å². The van der Waals surface area contributed by atoms with Crippen molar-refractivity contribution in [3.8, 4) is 0 Å². The van der Waals surface area contributed by atoms with Crippen LogP contribution in [0.5, 0.6) is 0 Å². The molecule has 1 heterocycles. The molecule has 1 amide bonds. The van der Waals surface area contributed by atoms with Crippen molar-refractivity contribution >= 4 is 11.6 Å². The summed E-state index contributed by atoms with van der Waals surface area (Å²) in [6, 6.07) is 1.82. The topological polar surface area (TPSA) is 80.3 Å². The molecular formula is C14H25N3O2. The van der Waals surface area contributed by atoms with Crippen LogP contribution in [-0.2, 0) is 0 Å². The first-order valence-electron chi connectivity index (χ1n) is 6.74. The van der Waals surface area contributed by atoms with Gasteiger partial charge in [0.25, 0.3) is 5.91 Å². The number of carbonyl (C=O) groups is 1. The molecule has 0 saturated carbocycles. The molecule has 4 N–H and O–H groups in total. The minimum absolute atomic E-state index is 0.161. The van der Waals surface area contributed by atoms with E-state index >= 15 is 0 Å². The van der Waals surface area contributed by atoms with Crippen molar-refractivity contribution in [2.24, 2.45) is 0 Å². The predicted molar refractivity (Wildman–Crippen MR) is 77.1 cm³/mol. The molecule has 19 heavy (non-hydrogen) atoms.